The van der Waals surface area contributed by atoms with E-state index in [1.54, 1.807) is 0 Å². The zero-order chi connectivity index (χ0) is 16.2. The summed E-state index contributed by atoms with van der Waals surface area (Å²) in [7, 11) is -2.55. The molecule has 0 bridgehead atoms. The summed E-state index contributed by atoms with van der Waals surface area (Å²) >= 11 is 8.05. The number of ether oxygens (including phenoxy) is 1. The predicted octanol–water partition coefficient (Wildman–Crippen LogP) is 2.62. The number of hydrogen-bond acceptors (Lipinski definition) is 8. The van der Waals surface area contributed by atoms with Gasteiger partial charge in [-0.1, -0.05) is 34.7 Å². The number of hydrogen-bond donors (Lipinski definition) is 1. The van der Waals surface area contributed by atoms with Crippen molar-refractivity contribution < 1.29 is 13.2 Å². The number of methoxy groups -OCH3 is 1. The summed E-state index contributed by atoms with van der Waals surface area (Å²) in [6.45, 7) is 0. The fourth-order valence-corrected chi connectivity index (χ4v) is 4.51. The molecule has 22 heavy (non-hydrogen) atoms. The number of halogens is 1. The molecule has 0 aliphatic carbocycles. The molecule has 1 heterocycles. The first-order chi connectivity index (χ1) is 10.5. The molecule has 11 heteroatoms. The Kier molecular flexibility index (Phi) is 5.47. The van der Waals surface area contributed by atoms with Gasteiger partial charge in [-0.2, -0.15) is 5.26 Å². The lowest BCUT2D eigenvalue weighted by Gasteiger charge is -2.09. The first kappa shape index (κ1) is 16.8. The topological polar surface area (TPSA) is 105 Å². The van der Waals surface area contributed by atoms with Crippen LogP contribution in [0.3, 0.4) is 0 Å². The normalized spacial score (nSPS) is 11.0. The summed E-state index contributed by atoms with van der Waals surface area (Å²) in [5.74, 6) is 0.379. The van der Waals surface area contributed by atoms with Crippen molar-refractivity contribution in [3.63, 3.8) is 0 Å². The van der Waals surface area contributed by atoms with E-state index in [0.29, 0.717) is 4.34 Å². The minimum absolute atomic E-state index is 0.0936. The molecule has 0 unspecified atom stereocenters. The molecule has 0 aliphatic rings. The molecular weight excluding hydrogens is 368 g/mol. The van der Waals surface area contributed by atoms with Crippen LogP contribution in [-0.2, 0) is 10.0 Å². The highest BCUT2D eigenvalue weighted by Crippen LogP contribution is 2.31. The molecule has 0 spiro atoms. The molecule has 0 aliphatic heterocycles. The molecule has 1 aromatic carbocycles. The average molecular weight is 377 g/mol. The second-order valence-electron chi connectivity index (χ2n) is 3.72. The van der Waals surface area contributed by atoms with Gasteiger partial charge in [0, 0.05) is 5.02 Å². The van der Waals surface area contributed by atoms with Crippen molar-refractivity contribution in [1.29, 1.82) is 5.26 Å². The van der Waals surface area contributed by atoms with Crippen molar-refractivity contribution >= 4 is 49.9 Å². The Bertz CT molecular complexity index is 816. The maximum Gasteiger partial charge on any atom is 0.267 e. The van der Waals surface area contributed by atoms with Crippen LogP contribution in [0.5, 0.6) is 5.75 Å². The summed E-state index contributed by atoms with van der Waals surface area (Å²) in [6.07, 6.45) is 0. The van der Waals surface area contributed by atoms with Gasteiger partial charge in [-0.15, -0.1) is 10.2 Å². The Labute approximate surface area is 140 Å². The third kappa shape index (κ3) is 4.01. The molecule has 2 aromatic rings. The largest absolute Gasteiger partial charge is 0.495 e. The van der Waals surface area contributed by atoms with Crippen molar-refractivity contribution in [2.24, 2.45) is 0 Å². The zero-order valence-electron chi connectivity index (χ0n) is 11.1. The van der Waals surface area contributed by atoms with E-state index in [0.717, 1.165) is 11.3 Å². The Balaban J connectivity index is 2.26. The number of anilines is 1. The van der Waals surface area contributed by atoms with Gasteiger partial charge >= 0.3 is 0 Å². The van der Waals surface area contributed by atoms with Crippen LogP contribution in [-0.4, -0.2) is 31.5 Å². The predicted molar refractivity (Wildman–Crippen MR) is 85.1 cm³/mol. The molecule has 0 fully saturated rings. The number of nitriles is 1. The quantitative estimate of drug-likeness (QED) is 0.772. The molecule has 0 atom stereocenters. The fraction of sp³-hybridized carbons (Fsp3) is 0.182. The van der Waals surface area contributed by atoms with Gasteiger partial charge in [-0.25, -0.2) is 8.42 Å². The molecule has 2 rings (SSSR count). The Morgan fingerprint density at radius 3 is 2.95 bits per heavy atom. The maximum atomic E-state index is 12.4. The lowest BCUT2D eigenvalue weighted by molar-refractivity contribution is 0.403. The lowest BCUT2D eigenvalue weighted by Crippen LogP contribution is -2.14. The SMILES string of the molecule is COc1ccc(Cl)cc1S(=O)(=O)Nc1nnc(SCC#N)s1. The van der Waals surface area contributed by atoms with Crippen LogP contribution in [0.25, 0.3) is 0 Å². The fourth-order valence-electron chi connectivity index (χ4n) is 1.43. The molecule has 1 N–H and O–H groups in total. The molecular formula is C11H9ClN4O3S3. The van der Waals surface area contributed by atoms with Crippen LogP contribution in [0.4, 0.5) is 5.13 Å². The van der Waals surface area contributed by atoms with E-state index < -0.39 is 10.0 Å². The maximum absolute atomic E-state index is 12.4. The van der Waals surface area contributed by atoms with E-state index >= 15 is 0 Å². The summed E-state index contributed by atoms with van der Waals surface area (Å²) in [4.78, 5) is -0.0936. The summed E-state index contributed by atoms with van der Waals surface area (Å²) in [5.41, 5.74) is 0. The van der Waals surface area contributed by atoms with Gasteiger partial charge in [0.25, 0.3) is 10.0 Å². The van der Waals surface area contributed by atoms with Gasteiger partial charge in [-0.05, 0) is 18.2 Å². The summed E-state index contributed by atoms with van der Waals surface area (Å²) in [6, 6.07) is 6.23. The van der Waals surface area contributed by atoms with Crippen molar-refractivity contribution in [3.05, 3.63) is 23.2 Å². The van der Waals surface area contributed by atoms with E-state index in [-0.39, 0.29) is 26.6 Å². The number of aromatic nitrogens is 2. The monoisotopic (exact) mass is 376 g/mol. The van der Waals surface area contributed by atoms with E-state index in [2.05, 4.69) is 14.9 Å². The van der Waals surface area contributed by atoms with E-state index in [4.69, 9.17) is 21.6 Å². The highest BCUT2D eigenvalue weighted by molar-refractivity contribution is 8.01. The standard InChI is InChI=1S/C11H9ClN4O3S3/c1-19-8-3-2-7(12)6-9(8)22(17,18)16-10-14-15-11(21-10)20-5-4-13/h2-3,6H,5H2,1H3,(H,14,16). The van der Waals surface area contributed by atoms with Gasteiger partial charge in [0.2, 0.25) is 5.13 Å². The van der Waals surface area contributed by atoms with Crippen molar-refractivity contribution in [1.82, 2.24) is 10.2 Å². The third-order valence-electron chi connectivity index (χ3n) is 2.30. The number of nitrogens with zero attached hydrogens (tertiary/aromatic N) is 3. The van der Waals surface area contributed by atoms with Gasteiger partial charge in [0.1, 0.15) is 10.6 Å². The Hall–Kier alpha value is -1.54. The van der Waals surface area contributed by atoms with Gasteiger partial charge in [0.15, 0.2) is 4.34 Å². The summed E-state index contributed by atoms with van der Waals surface area (Å²) in [5, 5.41) is 16.4. The number of nitrogens with one attached hydrogen (secondary N) is 1. The van der Waals surface area contributed by atoms with Crippen molar-refractivity contribution in [2.45, 2.75) is 9.24 Å². The van der Waals surface area contributed by atoms with E-state index in [1.165, 1.54) is 37.1 Å². The van der Waals surface area contributed by atoms with Gasteiger partial charge in [-0.3, -0.25) is 4.72 Å². The summed E-state index contributed by atoms with van der Waals surface area (Å²) < 4.78 is 32.6. The molecule has 0 amide bonds. The molecule has 116 valence electrons. The average Bonchev–Trinajstić information content (AvgIpc) is 2.91. The highest BCUT2D eigenvalue weighted by atomic mass is 35.5. The third-order valence-corrected chi connectivity index (χ3v) is 5.87. The number of thioether (sulfide) groups is 1. The number of sulfonamides is 1. The second-order valence-corrected chi connectivity index (χ2v) is 8.01. The van der Waals surface area contributed by atoms with Crippen molar-refractivity contribution in [2.75, 3.05) is 17.6 Å². The van der Waals surface area contributed by atoms with Gasteiger partial charge in [0.05, 0.1) is 18.9 Å². The minimum atomic E-state index is -3.91. The highest BCUT2D eigenvalue weighted by Gasteiger charge is 2.22. The van der Waals surface area contributed by atoms with E-state index in [9.17, 15) is 8.42 Å². The Morgan fingerprint density at radius 2 is 2.27 bits per heavy atom. The Morgan fingerprint density at radius 1 is 1.50 bits per heavy atom. The van der Waals surface area contributed by atoms with Gasteiger partial charge < -0.3 is 4.74 Å². The van der Waals surface area contributed by atoms with Crippen LogP contribution in [0.2, 0.25) is 5.02 Å². The van der Waals surface area contributed by atoms with Crippen LogP contribution in [0.1, 0.15) is 0 Å². The minimum Gasteiger partial charge on any atom is -0.495 e. The molecule has 0 saturated heterocycles. The first-order valence-corrected chi connectivity index (χ1v) is 9.32. The second kappa shape index (κ2) is 7.15. The first-order valence-electron chi connectivity index (χ1n) is 5.66. The van der Waals surface area contributed by atoms with Crippen LogP contribution < -0.4 is 9.46 Å². The zero-order valence-corrected chi connectivity index (χ0v) is 14.3. The van der Waals surface area contributed by atoms with Crippen LogP contribution in [0.15, 0.2) is 27.4 Å². The van der Waals surface area contributed by atoms with Crippen molar-refractivity contribution in [3.8, 4) is 11.8 Å². The smallest absolute Gasteiger partial charge is 0.267 e. The van der Waals surface area contributed by atoms with Crippen LogP contribution in [0, 0.1) is 11.3 Å². The molecule has 7 nitrogen and oxygen atoms in total. The molecule has 1 aromatic heterocycles. The lowest BCUT2D eigenvalue weighted by atomic mass is 10.3. The molecule has 0 saturated carbocycles. The van der Waals surface area contributed by atoms with Crippen LogP contribution >= 0.6 is 34.7 Å². The van der Waals surface area contributed by atoms with E-state index in [1.807, 2.05) is 6.07 Å². The number of rotatable bonds is 6. The molecule has 0 radical (unpaired) electrons. The number of benzene rings is 1.